The molecule has 2 aliphatic heterocycles. The van der Waals surface area contributed by atoms with Crippen molar-refractivity contribution in [3.63, 3.8) is 0 Å². The predicted molar refractivity (Wildman–Crippen MR) is 117 cm³/mol. The van der Waals surface area contributed by atoms with Gasteiger partial charge >= 0.3 is 0 Å². The van der Waals surface area contributed by atoms with Gasteiger partial charge in [0.25, 0.3) is 0 Å². The second-order valence-corrected chi connectivity index (χ2v) is 8.49. The highest BCUT2D eigenvalue weighted by Gasteiger charge is 2.55. The van der Waals surface area contributed by atoms with E-state index in [1.165, 1.54) is 16.8 Å². The summed E-state index contributed by atoms with van der Waals surface area (Å²) in [6.45, 7) is 4.71. The van der Waals surface area contributed by atoms with Gasteiger partial charge in [0, 0.05) is 38.9 Å². The van der Waals surface area contributed by atoms with Gasteiger partial charge in [0.15, 0.2) is 0 Å². The largest absolute Gasteiger partial charge is 0.377 e. The number of benzene rings is 2. The van der Waals surface area contributed by atoms with Crippen LogP contribution in [0.15, 0.2) is 54.6 Å². The van der Waals surface area contributed by atoms with Crippen LogP contribution < -0.4 is 4.90 Å². The number of carbonyl (C=O) groups excluding carboxylic acids is 1. The molecule has 2 aliphatic rings. The number of aryl methyl sites for hydroxylation is 2. The number of amides is 1. The van der Waals surface area contributed by atoms with Crippen LogP contribution in [0.3, 0.4) is 0 Å². The topological polar surface area (TPSA) is 32.8 Å². The monoisotopic (exact) mass is 392 g/mol. The van der Waals surface area contributed by atoms with Crippen LogP contribution in [0.1, 0.15) is 36.8 Å². The zero-order valence-electron chi connectivity index (χ0n) is 17.6. The third kappa shape index (κ3) is 4.04. The number of likely N-dealkylation sites (tertiary alicyclic amines) is 1. The van der Waals surface area contributed by atoms with Crippen molar-refractivity contribution in [2.45, 2.75) is 50.7 Å². The molecular formula is C25H32N2O2. The van der Waals surface area contributed by atoms with Gasteiger partial charge in [-0.2, -0.15) is 0 Å². The third-order valence-electron chi connectivity index (χ3n) is 6.80. The average molecular weight is 393 g/mol. The summed E-state index contributed by atoms with van der Waals surface area (Å²) in [6, 6.07) is 19.2. The normalized spacial score (nSPS) is 20.6. The van der Waals surface area contributed by atoms with Gasteiger partial charge in [0.05, 0.1) is 11.6 Å². The third-order valence-corrected chi connectivity index (χ3v) is 6.80. The Kier molecular flexibility index (Phi) is 5.91. The van der Waals surface area contributed by atoms with Gasteiger partial charge in [-0.25, -0.2) is 0 Å². The van der Waals surface area contributed by atoms with Crippen molar-refractivity contribution >= 4 is 11.6 Å². The van der Waals surface area contributed by atoms with Crippen molar-refractivity contribution in [3.05, 3.63) is 65.7 Å². The Balaban J connectivity index is 1.33. The summed E-state index contributed by atoms with van der Waals surface area (Å²) < 4.78 is 5.82. The van der Waals surface area contributed by atoms with Crippen molar-refractivity contribution in [2.75, 3.05) is 31.6 Å². The average Bonchev–Trinajstić information content (AvgIpc) is 2.75. The molecule has 4 rings (SSSR count). The van der Waals surface area contributed by atoms with Crippen LogP contribution in [0.5, 0.6) is 0 Å². The smallest absolute Gasteiger partial charge is 0.222 e. The van der Waals surface area contributed by atoms with Gasteiger partial charge in [0.2, 0.25) is 5.91 Å². The van der Waals surface area contributed by atoms with Gasteiger partial charge in [-0.1, -0.05) is 48.0 Å². The summed E-state index contributed by atoms with van der Waals surface area (Å²) >= 11 is 0. The summed E-state index contributed by atoms with van der Waals surface area (Å²) in [5, 5.41) is 0. The summed E-state index contributed by atoms with van der Waals surface area (Å²) in [4.78, 5) is 17.3. The number of nitrogens with zero attached hydrogens (tertiary/aromatic N) is 2. The first kappa shape index (κ1) is 20.0. The summed E-state index contributed by atoms with van der Waals surface area (Å²) in [7, 11) is 1.82. The molecule has 154 valence electrons. The van der Waals surface area contributed by atoms with Gasteiger partial charge in [-0.3, -0.25) is 4.79 Å². The van der Waals surface area contributed by atoms with Crippen LogP contribution in [-0.4, -0.2) is 49.2 Å². The Morgan fingerprint density at radius 3 is 2.41 bits per heavy atom. The SMILES string of the molecule is COC1CN(c2ccc(C)cc2)C12CCN(C(=O)CCCc1ccccc1)CC2. The highest BCUT2D eigenvalue weighted by atomic mass is 16.5. The van der Waals surface area contributed by atoms with Gasteiger partial charge in [-0.15, -0.1) is 0 Å². The molecule has 2 fully saturated rings. The van der Waals surface area contributed by atoms with Gasteiger partial charge < -0.3 is 14.5 Å². The zero-order chi connectivity index (χ0) is 20.3. The molecule has 1 amide bonds. The van der Waals surface area contributed by atoms with Crippen LogP contribution in [0, 0.1) is 6.92 Å². The molecule has 2 saturated heterocycles. The number of carbonyl (C=O) groups is 1. The minimum atomic E-state index is 0.0326. The molecule has 0 aromatic heterocycles. The molecule has 2 aromatic rings. The van der Waals surface area contributed by atoms with E-state index in [1.54, 1.807) is 0 Å². The molecular weight excluding hydrogens is 360 g/mol. The van der Waals surface area contributed by atoms with E-state index in [0.29, 0.717) is 12.3 Å². The maximum Gasteiger partial charge on any atom is 0.222 e. The Morgan fingerprint density at radius 2 is 1.76 bits per heavy atom. The van der Waals surface area contributed by atoms with E-state index >= 15 is 0 Å². The van der Waals surface area contributed by atoms with E-state index in [4.69, 9.17) is 4.74 Å². The summed E-state index contributed by atoms with van der Waals surface area (Å²) in [6.07, 6.45) is 4.72. The quantitative estimate of drug-likeness (QED) is 0.738. The van der Waals surface area contributed by atoms with Crippen molar-refractivity contribution < 1.29 is 9.53 Å². The molecule has 4 nitrogen and oxygen atoms in total. The molecule has 0 bridgehead atoms. The second-order valence-electron chi connectivity index (χ2n) is 8.49. The lowest BCUT2D eigenvalue weighted by molar-refractivity contribution is -0.135. The molecule has 0 aliphatic carbocycles. The van der Waals surface area contributed by atoms with E-state index in [9.17, 15) is 4.79 Å². The second kappa shape index (κ2) is 8.58. The number of hydrogen-bond donors (Lipinski definition) is 0. The van der Waals surface area contributed by atoms with E-state index in [1.807, 2.05) is 13.2 Å². The Labute approximate surface area is 174 Å². The zero-order valence-corrected chi connectivity index (χ0v) is 17.6. The van der Waals surface area contributed by atoms with E-state index < -0.39 is 0 Å². The lowest BCUT2D eigenvalue weighted by atomic mass is 9.73. The molecule has 2 heterocycles. The predicted octanol–water partition coefficient (Wildman–Crippen LogP) is 4.21. The number of hydrogen-bond acceptors (Lipinski definition) is 3. The number of piperidine rings is 1. The molecule has 0 N–H and O–H groups in total. The fourth-order valence-electron chi connectivity index (χ4n) is 4.94. The minimum absolute atomic E-state index is 0.0326. The van der Waals surface area contributed by atoms with Crippen molar-refractivity contribution in [2.24, 2.45) is 0 Å². The number of ether oxygens (including phenoxy) is 1. The van der Waals surface area contributed by atoms with Crippen molar-refractivity contribution in [3.8, 4) is 0 Å². The molecule has 2 aromatic carbocycles. The standard InChI is InChI=1S/C25H32N2O2/c1-20-11-13-22(14-12-20)27-19-23(29-2)25(27)15-17-26(18-16-25)24(28)10-6-9-21-7-4-3-5-8-21/h3-5,7-8,11-14,23H,6,9-10,15-19H2,1-2H3. The van der Waals surface area contributed by atoms with E-state index in [-0.39, 0.29) is 11.6 Å². The number of rotatable bonds is 6. The highest BCUT2D eigenvalue weighted by molar-refractivity contribution is 5.76. The maximum absolute atomic E-state index is 12.7. The molecule has 0 radical (unpaired) electrons. The fraction of sp³-hybridized carbons (Fsp3) is 0.480. The summed E-state index contributed by atoms with van der Waals surface area (Å²) in [5.74, 6) is 0.297. The number of methoxy groups -OCH3 is 1. The van der Waals surface area contributed by atoms with E-state index in [0.717, 1.165) is 45.3 Å². The molecule has 1 unspecified atom stereocenters. The number of anilines is 1. The first-order valence-electron chi connectivity index (χ1n) is 10.8. The first-order chi connectivity index (χ1) is 14.1. The highest BCUT2D eigenvalue weighted by Crippen LogP contribution is 2.44. The Hall–Kier alpha value is -2.33. The van der Waals surface area contributed by atoms with Crippen LogP contribution in [0.25, 0.3) is 0 Å². The van der Waals surface area contributed by atoms with Crippen molar-refractivity contribution in [1.82, 2.24) is 4.90 Å². The van der Waals surface area contributed by atoms with E-state index in [2.05, 4.69) is 65.3 Å². The molecule has 1 spiro atoms. The molecule has 1 atom stereocenters. The fourth-order valence-corrected chi connectivity index (χ4v) is 4.94. The lowest BCUT2D eigenvalue weighted by Gasteiger charge is -2.61. The first-order valence-corrected chi connectivity index (χ1v) is 10.8. The molecule has 0 saturated carbocycles. The van der Waals surface area contributed by atoms with Crippen LogP contribution in [0.4, 0.5) is 5.69 Å². The Bertz CT molecular complexity index is 810. The molecule has 4 heteroatoms. The lowest BCUT2D eigenvalue weighted by Crippen LogP contribution is -2.74. The van der Waals surface area contributed by atoms with Crippen molar-refractivity contribution in [1.29, 1.82) is 0 Å². The maximum atomic E-state index is 12.7. The van der Waals surface area contributed by atoms with Crippen LogP contribution >= 0.6 is 0 Å². The van der Waals surface area contributed by atoms with Gasteiger partial charge in [-0.05, 0) is 50.3 Å². The minimum Gasteiger partial charge on any atom is -0.377 e. The summed E-state index contributed by atoms with van der Waals surface area (Å²) in [5.41, 5.74) is 3.89. The van der Waals surface area contributed by atoms with Gasteiger partial charge in [0.1, 0.15) is 0 Å². The van der Waals surface area contributed by atoms with Crippen LogP contribution in [-0.2, 0) is 16.0 Å². The van der Waals surface area contributed by atoms with Crippen LogP contribution in [0.2, 0.25) is 0 Å². The molecule has 29 heavy (non-hydrogen) atoms. The Morgan fingerprint density at radius 1 is 1.07 bits per heavy atom.